The molecule has 0 unspecified atom stereocenters. The molecule has 4 rings (SSSR count). The van der Waals surface area contributed by atoms with Crippen molar-refractivity contribution in [2.75, 3.05) is 0 Å². The average molecular weight is 488 g/mol. The highest BCUT2D eigenvalue weighted by Gasteiger charge is 2.22. The van der Waals surface area contributed by atoms with Crippen molar-refractivity contribution >= 4 is 0 Å². The summed E-state index contributed by atoms with van der Waals surface area (Å²) in [5, 5.41) is 8.84. The second kappa shape index (κ2) is 12.7. The highest BCUT2D eigenvalue weighted by Crippen LogP contribution is 2.38. The van der Waals surface area contributed by atoms with E-state index in [9.17, 15) is 8.78 Å². The summed E-state index contributed by atoms with van der Waals surface area (Å²) in [4.78, 5) is 8.60. The van der Waals surface area contributed by atoms with Crippen molar-refractivity contribution in [3.63, 3.8) is 0 Å². The van der Waals surface area contributed by atoms with Crippen LogP contribution in [0.15, 0.2) is 48.8 Å². The van der Waals surface area contributed by atoms with Crippen molar-refractivity contribution in [2.45, 2.75) is 83.5 Å². The summed E-state index contributed by atoms with van der Waals surface area (Å²) < 4.78 is 27.9. The second-order valence-corrected chi connectivity index (χ2v) is 10.1. The Kier molecular flexibility index (Phi) is 9.17. The Balaban J connectivity index is 1.30. The lowest BCUT2D eigenvalue weighted by atomic mass is 9.77. The summed E-state index contributed by atoms with van der Waals surface area (Å²) in [7, 11) is 0. The quantitative estimate of drug-likeness (QED) is 0.268. The molecule has 3 aromatic rings. The van der Waals surface area contributed by atoms with E-state index in [-0.39, 0.29) is 11.4 Å². The van der Waals surface area contributed by atoms with Gasteiger partial charge >= 0.3 is 0 Å². The van der Waals surface area contributed by atoms with Gasteiger partial charge in [-0.15, -0.1) is 0 Å². The zero-order chi connectivity index (χ0) is 25.3. The molecule has 1 aromatic heterocycles. The average Bonchev–Trinajstić information content (AvgIpc) is 2.91. The van der Waals surface area contributed by atoms with Gasteiger partial charge in [0.15, 0.2) is 5.82 Å². The Morgan fingerprint density at radius 1 is 0.806 bits per heavy atom. The van der Waals surface area contributed by atoms with Crippen LogP contribution in [0.1, 0.15) is 94.6 Å². The van der Waals surface area contributed by atoms with Crippen LogP contribution in [0.3, 0.4) is 0 Å². The van der Waals surface area contributed by atoms with E-state index >= 15 is 0 Å². The summed E-state index contributed by atoms with van der Waals surface area (Å²) in [5.41, 5.74) is 2.87. The minimum atomic E-state index is -0.910. The van der Waals surface area contributed by atoms with Gasteiger partial charge in [-0.1, -0.05) is 76.1 Å². The molecule has 0 bridgehead atoms. The topological polar surface area (TPSA) is 49.6 Å². The van der Waals surface area contributed by atoms with Crippen LogP contribution in [0.2, 0.25) is 0 Å². The summed E-state index contributed by atoms with van der Waals surface area (Å²) in [6.07, 6.45) is 18.2. The summed E-state index contributed by atoms with van der Waals surface area (Å²) in [6.45, 7) is 2.27. The number of hydrogen-bond donors (Lipinski definition) is 0. The molecule has 0 N–H and O–H groups in total. The minimum absolute atomic E-state index is 0.206. The third kappa shape index (κ3) is 6.55. The van der Waals surface area contributed by atoms with E-state index in [4.69, 9.17) is 5.26 Å². The van der Waals surface area contributed by atoms with Crippen molar-refractivity contribution in [1.29, 1.82) is 5.26 Å². The van der Waals surface area contributed by atoms with Crippen molar-refractivity contribution < 1.29 is 8.78 Å². The number of rotatable bonds is 10. The molecule has 0 amide bonds. The van der Waals surface area contributed by atoms with Gasteiger partial charge in [-0.2, -0.15) is 5.26 Å². The van der Waals surface area contributed by atoms with Gasteiger partial charge in [0.05, 0.1) is 0 Å². The van der Waals surface area contributed by atoms with E-state index in [0.717, 1.165) is 29.2 Å². The zero-order valence-electron chi connectivity index (χ0n) is 21.1. The van der Waals surface area contributed by atoms with E-state index in [1.807, 2.05) is 0 Å². The first-order chi connectivity index (χ1) is 17.6. The van der Waals surface area contributed by atoms with Crippen LogP contribution in [-0.4, -0.2) is 9.97 Å². The molecule has 0 radical (unpaired) electrons. The Labute approximate surface area is 213 Å². The first kappa shape index (κ1) is 25.9. The molecular weight excluding hydrogens is 452 g/mol. The van der Waals surface area contributed by atoms with Gasteiger partial charge in [-0.05, 0) is 60.8 Å². The smallest absolute Gasteiger partial charge is 0.159 e. The van der Waals surface area contributed by atoms with Gasteiger partial charge in [-0.25, -0.2) is 18.7 Å². The molecule has 1 heterocycles. The van der Waals surface area contributed by atoms with Gasteiger partial charge < -0.3 is 0 Å². The van der Waals surface area contributed by atoms with Gasteiger partial charge in [0.1, 0.15) is 23.3 Å². The minimum Gasteiger partial charge on any atom is -0.236 e. The highest BCUT2D eigenvalue weighted by molar-refractivity contribution is 5.64. The second-order valence-electron chi connectivity index (χ2n) is 10.1. The molecule has 3 nitrogen and oxygen atoms in total. The maximum absolute atomic E-state index is 13.9. The molecule has 1 aliphatic rings. The SMILES string of the molecule is CCCCCCCCC1CCC(c2ccc(-c3cnc(-c4cc(F)c(C#N)c(F)c4)nc3)cc2)CC1. The normalized spacial score (nSPS) is 17.6. The third-order valence-electron chi connectivity index (χ3n) is 7.59. The van der Waals surface area contributed by atoms with Crippen molar-refractivity contribution in [3.8, 4) is 28.6 Å². The lowest BCUT2D eigenvalue weighted by Crippen LogP contribution is -2.13. The number of nitriles is 1. The predicted octanol–water partition coefficient (Wildman–Crippen LogP) is 8.98. The molecule has 188 valence electrons. The molecular formula is C31H35F2N3. The van der Waals surface area contributed by atoms with E-state index in [1.165, 1.54) is 82.3 Å². The van der Waals surface area contributed by atoms with Crippen LogP contribution < -0.4 is 0 Å². The standard InChI is InChI=1S/C31H35F2N3/c1-2-3-4-5-6-7-8-22-9-11-23(12-10-22)24-13-15-25(16-14-24)27-20-35-31(36-21-27)26-17-29(32)28(19-34)30(33)18-26/h13-18,20-23H,2-12H2,1H3. The first-order valence-electron chi connectivity index (χ1n) is 13.4. The van der Waals surface area contributed by atoms with Crippen LogP contribution in [0.25, 0.3) is 22.5 Å². The largest absolute Gasteiger partial charge is 0.236 e. The lowest BCUT2D eigenvalue weighted by Gasteiger charge is -2.29. The molecule has 1 aliphatic carbocycles. The fraction of sp³-hybridized carbons (Fsp3) is 0.452. The van der Waals surface area contributed by atoms with Gasteiger partial charge in [-0.3, -0.25) is 0 Å². The van der Waals surface area contributed by atoms with Crippen molar-refractivity contribution in [1.82, 2.24) is 9.97 Å². The Morgan fingerprint density at radius 2 is 1.42 bits per heavy atom. The van der Waals surface area contributed by atoms with E-state index in [0.29, 0.717) is 5.92 Å². The number of benzene rings is 2. The van der Waals surface area contributed by atoms with E-state index in [1.54, 1.807) is 12.4 Å². The van der Waals surface area contributed by atoms with Crippen LogP contribution in [0, 0.1) is 28.9 Å². The Hall–Kier alpha value is -3.13. The maximum Gasteiger partial charge on any atom is 0.159 e. The van der Waals surface area contributed by atoms with Crippen LogP contribution in [0.4, 0.5) is 8.78 Å². The maximum atomic E-state index is 13.9. The summed E-state index contributed by atoms with van der Waals surface area (Å²) in [6, 6.07) is 12.4. The molecule has 0 atom stereocenters. The number of nitrogens with zero attached hydrogens (tertiary/aromatic N) is 3. The highest BCUT2D eigenvalue weighted by atomic mass is 19.1. The zero-order valence-corrected chi connectivity index (χ0v) is 21.1. The molecule has 1 saturated carbocycles. The van der Waals surface area contributed by atoms with Crippen LogP contribution in [-0.2, 0) is 0 Å². The molecule has 1 fully saturated rings. The van der Waals surface area contributed by atoms with Crippen LogP contribution >= 0.6 is 0 Å². The first-order valence-corrected chi connectivity index (χ1v) is 13.4. The number of halogens is 2. The number of unbranched alkanes of at least 4 members (excludes halogenated alkanes) is 5. The molecule has 36 heavy (non-hydrogen) atoms. The third-order valence-corrected chi connectivity index (χ3v) is 7.59. The molecule has 5 heteroatoms. The lowest BCUT2D eigenvalue weighted by molar-refractivity contribution is 0.302. The Bertz CT molecular complexity index is 1130. The molecule has 0 spiro atoms. The number of aromatic nitrogens is 2. The van der Waals surface area contributed by atoms with Gasteiger partial charge in [0.25, 0.3) is 0 Å². The summed E-state index contributed by atoms with van der Waals surface area (Å²) >= 11 is 0. The monoisotopic (exact) mass is 487 g/mol. The van der Waals surface area contributed by atoms with Gasteiger partial charge in [0, 0.05) is 23.5 Å². The molecule has 0 saturated heterocycles. The van der Waals surface area contributed by atoms with Crippen molar-refractivity contribution in [2.24, 2.45) is 5.92 Å². The van der Waals surface area contributed by atoms with Gasteiger partial charge in [0.2, 0.25) is 0 Å². The fourth-order valence-corrected chi connectivity index (χ4v) is 5.38. The molecule has 0 aliphatic heterocycles. The molecule has 2 aromatic carbocycles. The van der Waals surface area contributed by atoms with E-state index < -0.39 is 17.2 Å². The predicted molar refractivity (Wildman–Crippen MR) is 140 cm³/mol. The van der Waals surface area contributed by atoms with E-state index in [2.05, 4.69) is 41.2 Å². The Morgan fingerprint density at radius 3 is 2.03 bits per heavy atom. The van der Waals surface area contributed by atoms with Crippen LogP contribution in [0.5, 0.6) is 0 Å². The van der Waals surface area contributed by atoms with Crippen molar-refractivity contribution in [3.05, 3.63) is 71.6 Å². The number of hydrogen-bond acceptors (Lipinski definition) is 3. The summed E-state index contributed by atoms with van der Waals surface area (Å²) in [5.74, 6) is -0.0603. The fourth-order valence-electron chi connectivity index (χ4n) is 5.38.